The molecule has 1 atom stereocenters. The second-order valence-electron chi connectivity index (χ2n) is 3.70. The summed E-state index contributed by atoms with van der Waals surface area (Å²) in [7, 11) is 0. The van der Waals surface area contributed by atoms with Crippen molar-refractivity contribution in [3.05, 3.63) is 52.4 Å². The number of hydrogen-bond donors (Lipinski definition) is 2. The number of nitrogens with two attached hydrogens (primary N) is 1. The highest BCUT2D eigenvalue weighted by Crippen LogP contribution is 2.30. The van der Waals surface area contributed by atoms with Crippen LogP contribution in [-0.4, -0.2) is 15.1 Å². The Kier molecular flexibility index (Phi) is 3.26. The molecule has 2 aromatic rings. The lowest BCUT2D eigenvalue weighted by atomic mass is 10.0. The van der Waals surface area contributed by atoms with Gasteiger partial charge < -0.3 is 10.8 Å². The van der Waals surface area contributed by atoms with Crippen molar-refractivity contribution < 1.29 is 5.11 Å². The van der Waals surface area contributed by atoms with Crippen LogP contribution in [0.2, 0.25) is 5.02 Å². The number of nitrogens with zero attached hydrogens (tertiary/aromatic N) is 2. The van der Waals surface area contributed by atoms with E-state index in [1.165, 1.54) is 0 Å². The lowest BCUT2D eigenvalue weighted by molar-refractivity contribution is 0.215. The molecule has 0 radical (unpaired) electrons. The normalized spacial score (nSPS) is 12.4. The summed E-state index contributed by atoms with van der Waals surface area (Å²) in [6, 6.07) is 5.17. The molecule has 3 N–H and O–H groups in total. The summed E-state index contributed by atoms with van der Waals surface area (Å²) < 4.78 is 0. The van der Waals surface area contributed by atoms with Gasteiger partial charge in [0, 0.05) is 18.0 Å². The minimum atomic E-state index is -0.961. The lowest BCUT2D eigenvalue weighted by Gasteiger charge is -2.15. The molecule has 0 fully saturated rings. The highest BCUT2D eigenvalue weighted by molar-refractivity contribution is 6.31. The molecule has 88 valence electrons. The third kappa shape index (κ3) is 2.23. The first-order chi connectivity index (χ1) is 8.11. The first-order valence-corrected chi connectivity index (χ1v) is 5.48. The van der Waals surface area contributed by atoms with Crippen molar-refractivity contribution in [1.29, 1.82) is 0 Å². The maximum atomic E-state index is 10.3. The van der Waals surface area contributed by atoms with Crippen LogP contribution >= 0.6 is 11.6 Å². The molecule has 0 aliphatic rings. The number of hydrogen-bond acceptors (Lipinski definition) is 4. The number of anilines is 1. The molecule has 1 unspecified atom stereocenters. The van der Waals surface area contributed by atoms with E-state index in [4.69, 9.17) is 17.3 Å². The summed E-state index contributed by atoms with van der Waals surface area (Å²) in [4.78, 5) is 8.03. The number of aliphatic hydroxyl groups is 1. The van der Waals surface area contributed by atoms with Gasteiger partial charge in [-0.05, 0) is 30.7 Å². The first-order valence-electron chi connectivity index (χ1n) is 5.10. The van der Waals surface area contributed by atoms with Crippen LogP contribution in [0.4, 0.5) is 5.82 Å². The molecule has 2 heterocycles. The molecule has 2 aromatic heterocycles. The predicted molar refractivity (Wildman–Crippen MR) is 66.7 cm³/mol. The van der Waals surface area contributed by atoms with Crippen molar-refractivity contribution in [3.63, 3.8) is 0 Å². The average Bonchev–Trinajstić information content (AvgIpc) is 2.29. The molecule has 0 saturated carbocycles. The van der Waals surface area contributed by atoms with Crippen LogP contribution in [0.3, 0.4) is 0 Å². The third-order valence-electron chi connectivity index (χ3n) is 2.56. The lowest BCUT2D eigenvalue weighted by Crippen LogP contribution is -2.09. The van der Waals surface area contributed by atoms with Crippen LogP contribution in [0.1, 0.15) is 22.9 Å². The molecule has 0 bridgehead atoms. The topological polar surface area (TPSA) is 72.0 Å². The standard InChI is InChI=1S/C12H12ClN3O/c1-7-4-6-16-12(14)9(7)11(17)10-8(13)3-2-5-15-10/h2-6,11,17H,1H3,(H2,14,16). The minimum Gasteiger partial charge on any atom is -0.383 e. The molecule has 0 aliphatic heterocycles. The van der Waals surface area contributed by atoms with E-state index in [9.17, 15) is 5.11 Å². The first kappa shape index (κ1) is 11.8. The Bertz CT molecular complexity index is 525. The van der Waals surface area contributed by atoms with Crippen LogP contribution in [0.5, 0.6) is 0 Å². The maximum Gasteiger partial charge on any atom is 0.129 e. The highest BCUT2D eigenvalue weighted by atomic mass is 35.5. The molecule has 0 aromatic carbocycles. The largest absolute Gasteiger partial charge is 0.383 e. The molecule has 4 nitrogen and oxygen atoms in total. The van der Waals surface area contributed by atoms with Gasteiger partial charge in [0.15, 0.2) is 0 Å². The van der Waals surface area contributed by atoms with E-state index in [0.29, 0.717) is 22.1 Å². The molecular weight excluding hydrogens is 238 g/mol. The van der Waals surface area contributed by atoms with E-state index >= 15 is 0 Å². The summed E-state index contributed by atoms with van der Waals surface area (Å²) in [6.07, 6.45) is 2.21. The quantitative estimate of drug-likeness (QED) is 0.855. The van der Waals surface area contributed by atoms with Crippen LogP contribution in [-0.2, 0) is 0 Å². The summed E-state index contributed by atoms with van der Waals surface area (Å²) in [5.41, 5.74) is 7.56. The fourth-order valence-corrected chi connectivity index (χ4v) is 1.91. The number of rotatable bonds is 2. The smallest absolute Gasteiger partial charge is 0.129 e. The third-order valence-corrected chi connectivity index (χ3v) is 2.88. The SMILES string of the molecule is Cc1ccnc(N)c1C(O)c1ncccc1Cl. The molecule has 0 spiro atoms. The van der Waals surface area contributed by atoms with E-state index in [1.54, 1.807) is 30.6 Å². The van der Waals surface area contributed by atoms with Gasteiger partial charge in [-0.1, -0.05) is 11.6 Å². The molecular formula is C12H12ClN3O. The van der Waals surface area contributed by atoms with Gasteiger partial charge in [0.1, 0.15) is 11.9 Å². The van der Waals surface area contributed by atoms with Gasteiger partial charge in [0.25, 0.3) is 0 Å². The van der Waals surface area contributed by atoms with Gasteiger partial charge >= 0.3 is 0 Å². The van der Waals surface area contributed by atoms with Crippen molar-refractivity contribution in [2.75, 3.05) is 5.73 Å². The van der Waals surface area contributed by atoms with Crippen LogP contribution in [0.25, 0.3) is 0 Å². The number of halogens is 1. The second-order valence-corrected chi connectivity index (χ2v) is 4.11. The van der Waals surface area contributed by atoms with E-state index in [0.717, 1.165) is 5.56 Å². The molecule has 0 amide bonds. The molecule has 0 saturated heterocycles. The number of aryl methyl sites for hydroxylation is 1. The Labute approximate surface area is 104 Å². The monoisotopic (exact) mass is 249 g/mol. The van der Waals surface area contributed by atoms with E-state index < -0.39 is 6.10 Å². The maximum absolute atomic E-state index is 10.3. The highest BCUT2D eigenvalue weighted by Gasteiger charge is 2.20. The summed E-state index contributed by atoms with van der Waals surface area (Å²) in [6.45, 7) is 1.85. The van der Waals surface area contributed by atoms with Crippen LogP contribution in [0, 0.1) is 6.92 Å². The van der Waals surface area contributed by atoms with Gasteiger partial charge in [-0.25, -0.2) is 4.98 Å². The Morgan fingerprint density at radius 1 is 1.29 bits per heavy atom. The number of aromatic nitrogens is 2. The fourth-order valence-electron chi connectivity index (χ4n) is 1.68. The zero-order chi connectivity index (χ0) is 12.4. The molecule has 17 heavy (non-hydrogen) atoms. The number of aliphatic hydroxyl groups excluding tert-OH is 1. The Balaban J connectivity index is 2.51. The minimum absolute atomic E-state index is 0.291. The zero-order valence-electron chi connectivity index (χ0n) is 9.26. The van der Waals surface area contributed by atoms with Crippen molar-refractivity contribution in [3.8, 4) is 0 Å². The molecule has 2 rings (SSSR count). The number of nitrogen functional groups attached to an aromatic ring is 1. The molecule has 0 aliphatic carbocycles. The molecule has 5 heteroatoms. The van der Waals surface area contributed by atoms with Crippen LogP contribution < -0.4 is 5.73 Å². The van der Waals surface area contributed by atoms with Crippen molar-refractivity contribution in [1.82, 2.24) is 9.97 Å². The van der Waals surface area contributed by atoms with E-state index in [2.05, 4.69) is 9.97 Å². The van der Waals surface area contributed by atoms with Gasteiger partial charge in [-0.3, -0.25) is 4.98 Å². The average molecular weight is 250 g/mol. The predicted octanol–water partition coefficient (Wildman–Crippen LogP) is 2.10. The van der Waals surface area contributed by atoms with Crippen LogP contribution in [0.15, 0.2) is 30.6 Å². The second kappa shape index (κ2) is 4.69. The number of pyridine rings is 2. The summed E-state index contributed by atoms with van der Waals surface area (Å²) in [5.74, 6) is 0.291. The Morgan fingerprint density at radius 3 is 2.71 bits per heavy atom. The zero-order valence-corrected chi connectivity index (χ0v) is 10.0. The fraction of sp³-hybridized carbons (Fsp3) is 0.167. The van der Waals surface area contributed by atoms with Gasteiger partial charge in [-0.2, -0.15) is 0 Å². The van der Waals surface area contributed by atoms with Crippen molar-refractivity contribution >= 4 is 17.4 Å². The Hall–Kier alpha value is -1.65. The Morgan fingerprint density at radius 2 is 2.06 bits per heavy atom. The summed E-state index contributed by atoms with van der Waals surface area (Å²) in [5, 5.41) is 10.7. The summed E-state index contributed by atoms with van der Waals surface area (Å²) >= 11 is 5.99. The van der Waals surface area contributed by atoms with Crippen molar-refractivity contribution in [2.45, 2.75) is 13.0 Å². The van der Waals surface area contributed by atoms with E-state index in [1.807, 2.05) is 6.92 Å². The van der Waals surface area contributed by atoms with Gasteiger partial charge in [0.05, 0.1) is 10.7 Å². The van der Waals surface area contributed by atoms with Gasteiger partial charge in [0.2, 0.25) is 0 Å². The van der Waals surface area contributed by atoms with E-state index in [-0.39, 0.29) is 0 Å². The van der Waals surface area contributed by atoms with Crippen molar-refractivity contribution in [2.24, 2.45) is 0 Å². The van der Waals surface area contributed by atoms with Gasteiger partial charge in [-0.15, -0.1) is 0 Å².